The lowest BCUT2D eigenvalue weighted by Gasteiger charge is -2.22. The summed E-state index contributed by atoms with van der Waals surface area (Å²) in [6, 6.07) is 9.92. The van der Waals surface area contributed by atoms with Gasteiger partial charge >= 0.3 is 0 Å². The fraction of sp³-hybridized carbons (Fsp3) is 0.250. The van der Waals surface area contributed by atoms with E-state index < -0.39 is 10.0 Å². The number of sulfonamides is 1. The van der Waals surface area contributed by atoms with E-state index in [0.29, 0.717) is 16.5 Å². The Bertz CT molecular complexity index is 803. The minimum Gasteiger partial charge on any atom is -0.496 e. The third-order valence-electron chi connectivity index (χ3n) is 3.52. The Kier molecular flexibility index (Phi) is 4.68. The lowest BCUT2D eigenvalue weighted by atomic mass is 10.2. The molecule has 2 aromatic carbocycles. The van der Waals surface area contributed by atoms with E-state index in [4.69, 9.17) is 16.3 Å². The molecule has 2 rings (SSSR count). The molecule has 0 fully saturated rings. The van der Waals surface area contributed by atoms with Crippen LogP contribution in [0.4, 0.5) is 5.69 Å². The summed E-state index contributed by atoms with van der Waals surface area (Å²) in [6.07, 6.45) is 0. The molecule has 0 unspecified atom stereocenters. The summed E-state index contributed by atoms with van der Waals surface area (Å²) < 4.78 is 32.0. The summed E-state index contributed by atoms with van der Waals surface area (Å²) in [4.78, 5) is 0.225. The van der Waals surface area contributed by atoms with E-state index >= 15 is 0 Å². The van der Waals surface area contributed by atoms with Crippen molar-refractivity contribution in [3.63, 3.8) is 0 Å². The van der Waals surface area contributed by atoms with E-state index in [2.05, 4.69) is 0 Å². The van der Waals surface area contributed by atoms with Crippen LogP contribution in [0.5, 0.6) is 5.75 Å². The van der Waals surface area contributed by atoms with E-state index in [1.165, 1.54) is 11.4 Å². The lowest BCUT2D eigenvalue weighted by Crippen LogP contribution is -2.27. The van der Waals surface area contributed by atoms with Crippen LogP contribution in [0.15, 0.2) is 41.3 Å². The largest absolute Gasteiger partial charge is 0.496 e. The Morgan fingerprint density at radius 1 is 1.05 bits per heavy atom. The molecule has 118 valence electrons. The smallest absolute Gasteiger partial charge is 0.264 e. The molecule has 0 atom stereocenters. The van der Waals surface area contributed by atoms with Crippen LogP contribution in [-0.4, -0.2) is 22.6 Å². The number of hydrogen-bond acceptors (Lipinski definition) is 3. The molecule has 0 aliphatic rings. The maximum absolute atomic E-state index is 12.8. The SMILES string of the molecule is COc1ccc(S(=O)(=O)N(C)c2ccc(Cl)cc2C)cc1C. The fourth-order valence-electron chi connectivity index (χ4n) is 2.27. The number of anilines is 1. The van der Waals surface area contributed by atoms with Crippen LogP contribution in [0.3, 0.4) is 0 Å². The van der Waals surface area contributed by atoms with Gasteiger partial charge in [-0.25, -0.2) is 8.42 Å². The Morgan fingerprint density at radius 2 is 1.73 bits per heavy atom. The molecule has 22 heavy (non-hydrogen) atoms. The van der Waals surface area contributed by atoms with Gasteiger partial charge in [0.2, 0.25) is 0 Å². The number of aryl methyl sites for hydroxylation is 2. The predicted molar refractivity (Wildman–Crippen MR) is 89.5 cm³/mol. The van der Waals surface area contributed by atoms with Gasteiger partial charge in [-0.2, -0.15) is 0 Å². The Morgan fingerprint density at radius 3 is 2.27 bits per heavy atom. The van der Waals surface area contributed by atoms with Crippen LogP contribution in [0.1, 0.15) is 11.1 Å². The molecule has 0 radical (unpaired) electrons. The van der Waals surface area contributed by atoms with Crippen LogP contribution < -0.4 is 9.04 Å². The van der Waals surface area contributed by atoms with E-state index in [0.717, 1.165) is 11.1 Å². The maximum Gasteiger partial charge on any atom is 0.264 e. The molecular formula is C16H18ClNO3S. The average molecular weight is 340 g/mol. The molecule has 0 aliphatic heterocycles. The third kappa shape index (κ3) is 3.05. The third-order valence-corrected chi connectivity index (χ3v) is 5.53. The average Bonchev–Trinajstić information content (AvgIpc) is 2.46. The molecule has 0 heterocycles. The van der Waals surface area contributed by atoms with Crippen molar-refractivity contribution in [1.82, 2.24) is 0 Å². The highest BCUT2D eigenvalue weighted by molar-refractivity contribution is 7.92. The first-order valence-electron chi connectivity index (χ1n) is 6.67. The predicted octanol–water partition coefficient (Wildman–Crippen LogP) is 3.79. The van der Waals surface area contributed by atoms with Crippen LogP contribution >= 0.6 is 11.6 Å². The Balaban J connectivity index is 2.47. The van der Waals surface area contributed by atoms with Gasteiger partial charge in [-0.15, -0.1) is 0 Å². The highest BCUT2D eigenvalue weighted by Crippen LogP contribution is 2.29. The zero-order valence-electron chi connectivity index (χ0n) is 12.9. The van der Waals surface area contributed by atoms with E-state index in [1.54, 1.807) is 43.5 Å². The number of benzene rings is 2. The molecule has 0 amide bonds. The second-order valence-electron chi connectivity index (χ2n) is 5.03. The molecule has 0 spiro atoms. The molecule has 4 nitrogen and oxygen atoms in total. The van der Waals surface area contributed by atoms with Gasteiger partial charge in [0, 0.05) is 12.1 Å². The molecule has 0 saturated carbocycles. The first kappa shape index (κ1) is 16.6. The van der Waals surface area contributed by atoms with Gasteiger partial charge in [-0.3, -0.25) is 4.31 Å². The van der Waals surface area contributed by atoms with Crippen molar-refractivity contribution >= 4 is 27.3 Å². The molecule has 0 aromatic heterocycles. The lowest BCUT2D eigenvalue weighted by molar-refractivity contribution is 0.411. The van der Waals surface area contributed by atoms with Crippen molar-refractivity contribution in [3.05, 3.63) is 52.5 Å². The van der Waals surface area contributed by atoms with Crippen molar-refractivity contribution in [2.75, 3.05) is 18.5 Å². The minimum absolute atomic E-state index is 0.225. The number of hydrogen-bond donors (Lipinski definition) is 0. The number of methoxy groups -OCH3 is 1. The highest BCUT2D eigenvalue weighted by Gasteiger charge is 2.23. The van der Waals surface area contributed by atoms with E-state index in [-0.39, 0.29) is 4.90 Å². The summed E-state index contributed by atoms with van der Waals surface area (Å²) in [5.74, 6) is 0.657. The molecular weight excluding hydrogens is 322 g/mol. The second-order valence-corrected chi connectivity index (χ2v) is 7.44. The Hall–Kier alpha value is -1.72. The quantitative estimate of drug-likeness (QED) is 0.851. The van der Waals surface area contributed by atoms with Crippen molar-refractivity contribution in [3.8, 4) is 5.75 Å². The van der Waals surface area contributed by atoms with Crippen LogP contribution in [0.2, 0.25) is 5.02 Å². The summed E-state index contributed by atoms with van der Waals surface area (Å²) in [5.41, 5.74) is 2.16. The van der Waals surface area contributed by atoms with Crippen molar-refractivity contribution < 1.29 is 13.2 Å². The number of nitrogens with zero attached hydrogens (tertiary/aromatic N) is 1. The highest BCUT2D eigenvalue weighted by atomic mass is 35.5. The van der Waals surface area contributed by atoms with Crippen LogP contribution in [0.25, 0.3) is 0 Å². The summed E-state index contributed by atoms with van der Waals surface area (Å²) in [5, 5.41) is 0.576. The second kappa shape index (κ2) is 6.18. The van der Waals surface area contributed by atoms with Gasteiger partial charge in [-0.1, -0.05) is 11.6 Å². The zero-order chi connectivity index (χ0) is 16.5. The molecule has 0 saturated heterocycles. The minimum atomic E-state index is -3.64. The van der Waals surface area contributed by atoms with Gasteiger partial charge in [-0.05, 0) is 61.4 Å². The molecule has 0 bridgehead atoms. The van der Waals surface area contributed by atoms with Gasteiger partial charge < -0.3 is 4.74 Å². The van der Waals surface area contributed by atoms with Gasteiger partial charge in [0.05, 0.1) is 17.7 Å². The van der Waals surface area contributed by atoms with Gasteiger partial charge in [0.25, 0.3) is 10.0 Å². The number of rotatable bonds is 4. The van der Waals surface area contributed by atoms with Gasteiger partial charge in [0.15, 0.2) is 0 Å². The summed E-state index contributed by atoms with van der Waals surface area (Å²) >= 11 is 5.93. The zero-order valence-corrected chi connectivity index (χ0v) is 14.5. The maximum atomic E-state index is 12.8. The van der Waals surface area contributed by atoms with Crippen molar-refractivity contribution in [2.45, 2.75) is 18.7 Å². The summed E-state index contributed by atoms with van der Waals surface area (Å²) in [7, 11) is -0.552. The monoisotopic (exact) mass is 339 g/mol. The topological polar surface area (TPSA) is 46.6 Å². The van der Waals surface area contributed by atoms with Crippen molar-refractivity contribution in [1.29, 1.82) is 0 Å². The molecule has 0 N–H and O–H groups in total. The van der Waals surface area contributed by atoms with E-state index in [1.807, 2.05) is 13.8 Å². The molecule has 2 aromatic rings. The first-order chi connectivity index (χ1) is 10.3. The normalized spacial score (nSPS) is 11.3. The number of ether oxygens (including phenoxy) is 1. The molecule has 6 heteroatoms. The van der Waals surface area contributed by atoms with Crippen LogP contribution in [-0.2, 0) is 10.0 Å². The molecule has 0 aliphatic carbocycles. The van der Waals surface area contributed by atoms with Crippen LogP contribution in [0, 0.1) is 13.8 Å². The van der Waals surface area contributed by atoms with Gasteiger partial charge in [0.1, 0.15) is 5.75 Å². The Labute approximate surface area is 136 Å². The first-order valence-corrected chi connectivity index (χ1v) is 8.49. The van der Waals surface area contributed by atoms with E-state index in [9.17, 15) is 8.42 Å². The summed E-state index contributed by atoms with van der Waals surface area (Å²) in [6.45, 7) is 3.64. The fourth-order valence-corrected chi connectivity index (χ4v) is 3.84. The standard InChI is InChI=1S/C16H18ClNO3S/c1-11-9-13(17)5-7-15(11)18(3)22(19,20)14-6-8-16(21-4)12(2)10-14/h5-10H,1-4H3. The number of halogens is 1. The van der Waals surface area contributed by atoms with Crippen molar-refractivity contribution in [2.24, 2.45) is 0 Å².